The number of hydrogen-bond donors (Lipinski definition) is 3. The Kier molecular flexibility index (Phi) is 8.83. The Morgan fingerprint density at radius 2 is 1.82 bits per heavy atom. The summed E-state index contributed by atoms with van der Waals surface area (Å²) < 4.78 is 0. The molecule has 0 bridgehead atoms. The Morgan fingerprint density at radius 3 is 2.52 bits per heavy atom. The Hall–Kier alpha value is -2.93. The van der Waals surface area contributed by atoms with Gasteiger partial charge in [0.15, 0.2) is 0 Å². The van der Waals surface area contributed by atoms with Crippen LogP contribution in [0.1, 0.15) is 45.1 Å². The third-order valence-corrected chi connectivity index (χ3v) is 6.50. The van der Waals surface area contributed by atoms with Gasteiger partial charge in [-0.05, 0) is 42.0 Å². The van der Waals surface area contributed by atoms with E-state index in [0.29, 0.717) is 32.5 Å². The van der Waals surface area contributed by atoms with Crippen LogP contribution < -0.4 is 16.4 Å². The molecule has 0 aromatic heterocycles. The number of nitrogens with one attached hydrogen (secondary N) is 2. The summed E-state index contributed by atoms with van der Waals surface area (Å²) in [4.78, 5) is 40.8. The summed E-state index contributed by atoms with van der Waals surface area (Å²) in [7, 11) is 0. The van der Waals surface area contributed by atoms with E-state index in [1.165, 1.54) is 0 Å². The van der Waals surface area contributed by atoms with E-state index in [9.17, 15) is 14.4 Å². The predicted octanol–water partition coefficient (Wildman–Crippen LogP) is 2.37. The van der Waals surface area contributed by atoms with Gasteiger partial charge in [-0.25, -0.2) is 0 Å². The Labute approximate surface area is 196 Å². The van der Waals surface area contributed by atoms with Gasteiger partial charge in [0.25, 0.3) is 0 Å². The number of carbonyl (C=O) groups is 3. The van der Waals surface area contributed by atoms with E-state index in [0.717, 1.165) is 35.6 Å². The highest BCUT2D eigenvalue weighted by Crippen LogP contribution is 2.23. The number of hydrogen-bond acceptors (Lipinski definition) is 4. The fraction of sp³-hybridized carbons (Fsp3) is 0.500. The van der Waals surface area contributed by atoms with Crippen LogP contribution in [-0.4, -0.2) is 54.3 Å². The first-order valence-corrected chi connectivity index (χ1v) is 12.0. The van der Waals surface area contributed by atoms with Crippen molar-refractivity contribution in [3.05, 3.63) is 48.0 Å². The van der Waals surface area contributed by atoms with Crippen LogP contribution in [0.4, 0.5) is 0 Å². The molecule has 3 rings (SSSR count). The Morgan fingerprint density at radius 1 is 1.09 bits per heavy atom. The lowest BCUT2D eigenvalue weighted by Gasteiger charge is -2.29. The zero-order valence-electron chi connectivity index (χ0n) is 19.7. The van der Waals surface area contributed by atoms with Gasteiger partial charge < -0.3 is 21.3 Å². The lowest BCUT2D eigenvalue weighted by Crippen LogP contribution is -2.54. The maximum Gasteiger partial charge on any atom is 0.243 e. The molecule has 178 valence electrons. The summed E-state index contributed by atoms with van der Waals surface area (Å²) in [6, 6.07) is 12.8. The number of benzene rings is 2. The van der Waals surface area contributed by atoms with Crippen molar-refractivity contribution in [2.24, 2.45) is 11.7 Å². The molecule has 2 atom stereocenters. The van der Waals surface area contributed by atoms with Crippen molar-refractivity contribution < 1.29 is 14.4 Å². The fourth-order valence-corrected chi connectivity index (χ4v) is 4.57. The summed E-state index contributed by atoms with van der Waals surface area (Å²) in [5.74, 6) is -0.561. The second kappa shape index (κ2) is 11.8. The van der Waals surface area contributed by atoms with Crippen LogP contribution in [-0.2, 0) is 20.8 Å². The van der Waals surface area contributed by atoms with E-state index in [2.05, 4.69) is 10.6 Å². The highest BCUT2D eigenvalue weighted by molar-refractivity contribution is 5.93. The summed E-state index contributed by atoms with van der Waals surface area (Å²) in [5.41, 5.74) is 6.51. The zero-order chi connectivity index (χ0) is 23.8. The number of fused-ring (bicyclic) bond motifs is 1. The van der Waals surface area contributed by atoms with Crippen LogP contribution in [0, 0.1) is 5.92 Å². The molecule has 1 aliphatic heterocycles. The van der Waals surface area contributed by atoms with Crippen molar-refractivity contribution in [3.63, 3.8) is 0 Å². The molecule has 0 saturated carbocycles. The van der Waals surface area contributed by atoms with E-state index in [-0.39, 0.29) is 23.6 Å². The van der Waals surface area contributed by atoms with Crippen LogP contribution >= 0.6 is 0 Å². The summed E-state index contributed by atoms with van der Waals surface area (Å²) in [5, 5.41) is 7.94. The fourth-order valence-electron chi connectivity index (χ4n) is 4.57. The monoisotopic (exact) mass is 452 g/mol. The molecule has 7 nitrogen and oxygen atoms in total. The minimum Gasteiger partial charge on any atom is -0.353 e. The Bertz CT molecular complexity index is 973. The SMILES string of the molecule is CCC(CC)C(=O)N1CCC[C@H]1C(=O)N[C@H](Cc1ccc2ccccc2c1)C(=O)NCCN. The number of amides is 3. The number of carbonyl (C=O) groups excluding carboxylic acids is 3. The second-order valence-corrected chi connectivity index (χ2v) is 8.73. The van der Waals surface area contributed by atoms with Gasteiger partial charge in [0.1, 0.15) is 12.1 Å². The molecule has 7 heteroatoms. The van der Waals surface area contributed by atoms with Gasteiger partial charge in [-0.15, -0.1) is 0 Å². The molecule has 1 aliphatic rings. The lowest BCUT2D eigenvalue weighted by atomic mass is 10.00. The number of nitrogens with zero attached hydrogens (tertiary/aromatic N) is 1. The maximum atomic E-state index is 13.2. The molecule has 0 spiro atoms. The largest absolute Gasteiger partial charge is 0.353 e. The topological polar surface area (TPSA) is 105 Å². The second-order valence-electron chi connectivity index (χ2n) is 8.73. The van der Waals surface area contributed by atoms with Gasteiger partial charge >= 0.3 is 0 Å². The number of rotatable bonds is 10. The first kappa shape index (κ1) is 24.7. The average Bonchev–Trinajstić information content (AvgIpc) is 3.33. The Balaban J connectivity index is 1.76. The molecular formula is C26H36N4O3. The molecule has 4 N–H and O–H groups in total. The molecule has 0 radical (unpaired) electrons. The molecule has 33 heavy (non-hydrogen) atoms. The highest BCUT2D eigenvalue weighted by atomic mass is 16.2. The van der Waals surface area contributed by atoms with Crippen molar-refractivity contribution in [1.82, 2.24) is 15.5 Å². The molecule has 2 aromatic rings. The van der Waals surface area contributed by atoms with Crippen LogP contribution in [0.5, 0.6) is 0 Å². The minimum atomic E-state index is -0.740. The predicted molar refractivity (Wildman–Crippen MR) is 130 cm³/mol. The molecule has 0 aliphatic carbocycles. The average molecular weight is 453 g/mol. The maximum absolute atomic E-state index is 13.2. The van der Waals surface area contributed by atoms with Gasteiger partial charge in [-0.2, -0.15) is 0 Å². The summed E-state index contributed by atoms with van der Waals surface area (Å²) in [6.07, 6.45) is 3.28. The number of likely N-dealkylation sites (tertiary alicyclic amines) is 1. The normalized spacial score (nSPS) is 16.7. The van der Waals surface area contributed by atoms with Gasteiger partial charge in [-0.3, -0.25) is 14.4 Å². The van der Waals surface area contributed by atoms with E-state index >= 15 is 0 Å². The van der Waals surface area contributed by atoms with Crippen molar-refractivity contribution in [2.45, 2.75) is 58.0 Å². The number of nitrogens with two attached hydrogens (primary N) is 1. The van der Waals surface area contributed by atoms with Crippen molar-refractivity contribution >= 4 is 28.5 Å². The van der Waals surface area contributed by atoms with Crippen molar-refractivity contribution in [1.29, 1.82) is 0 Å². The van der Waals surface area contributed by atoms with Crippen LogP contribution in [0.25, 0.3) is 10.8 Å². The minimum absolute atomic E-state index is 0.0383. The summed E-state index contributed by atoms with van der Waals surface area (Å²) in [6.45, 7) is 5.24. The zero-order valence-corrected chi connectivity index (χ0v) is 19.7. The van der Waals surface area contributed by atoms with E-state index in [1.807, 2.05) is 56.3 Å². The lowest BCUT2D eigenvalue weighted by molar-refractivity contribution is -0.142. The summed E-state index contributed by atoms with van der Waals surface area (Å²) >= 11 is 0. The van der Waals surface area contributed by atoms with Gasteiger partial charge in [0.05, 0.1) is 0 Å². The van der Waals surface area contributed by atoms with Crippen LogP contribution in [0.2, 0.25) is 0 Å². The van der Waals surface area contributed by atoms with Gasteiger partial charge in [0.2, 0.25) is 17.7 Å². The molecule has 2 aromatic carbocycles. The van der Waals surface area contributed by atoms with E-state index < -0.39 is 12.1 Å². The third-order valence-electron chi connectivity index (χ3n) is 6.50. The van der Waals surface area contributed by atoms with E-state index in [1.54, 1.807) is 4.90 Å². The van der Waals surface area contributed by atoms with Crippen molar-refractivity contribution in [3.8, 4) is 0 Å². The molecule has 3 amide bonds. The smallest absolute Gasteiger partial charge is 0.243 e. The molecule has 1 saturated heterocycles. The standard InChI is InChI=1S/C26H36N4O3/c1-3-19(4-2)26(33)30-15-7-10-23(30)25(32)29-22(24(31)28-14-13-27)17-18-11-12-20-8-5-6-9-21(20)16-18/h5-6,8-9,11-12,16,19,22-23H,3-4,7,10,13-15,17,27H2,1-2H3,(H,28,31)(H,29,32)/t22-,23+/m1/s1. The van der Waals surface area contributed by atoms with Crippen molar-refractivity contribution in [2.75, 3.05) is 19.6 Å². The van der Waals surface area contributed by atoms with E-state index in [4.69, 9.17) is 5.73 Å². The van der Waals surface area contributed by atoms with Crippen LogP contribution in [0.3, 0.4) is 0 Å². The van der Waals surface area contributed by atoms with Gasteiger partial charge in [-0.1, -0.05) is 56.3 Å². The highest BCUT2D eigenvalue weighted by Gasteiger charge is 2.37. The molecule has 0 unspecified atom stereocenters. The molecule has 1 fully saturated rings. The third kappa shape index (κ3) is 6.11. The first-order valence-electron chi connectivity index (χ1n) is 12.0. The molecule has 1 heterocycles. The van der Waals surface area contributed by atoms with Gasteiger partial charge in [0, 0.05) is 32.0 Å². The first-order chi connectivity index (χ1) is 16.0. The quantitative estimate of drug-likeness (QED) is 0.515. The molecular weight excluding hydrogens is 416 g/mol. The van der Waals surface area contributed by atoms with Crippen LogP contribution in [0.15, 0.2) is 42.5 Å².